The summed E-state index contributed by atoms with van der Waals surface area (Å²) in [6, 6.07) is 2.07. The van der Waals surface area contributed by atoms with Gasteiger partial charge in [-0.1, -0.05) is 6.42 Å². The zero-order valence-corrected chi connectivity index (χ0v) is 10.3. The van der Waals surface area contributed by atoms with Gasteiger partial charge in [-0.3, -0.25) is 4.68 Å². The Hall–Kier alpha value is -0.480. The molecule has 0 radical (unpaired) electrons. The maximum absolute atomic E-state index is 4.35. The highest BCUT2D eigenvalue weighted by Crippen LogP contribution is 2.42. The first kappa shape index (κ1) is 11.0. The lowest BCUT2D eigenvalue weighted by atomic mass is 9.84. The summed E-state index contributed by atoms with van der Waals surface area (Å²) in [4.78, 5) is 0. The van der Waals surface area contributed by atoms with E-state index >= 15 is 0 Å². The van der Waals surface area contributed by atoms with Crippen LogP contribution in [0.25, 0.3) is 0 Å². The Morgan fingerprint density at radius 3 is 2.87 bits per heavy atom. The Balaban J connectivity index is 1.74. The van der Waals surface area contributed by atoms with Crippen LogP contribution < -0.4 is 5.32 Å². The minimum Gasteiger partial charge on any atom is -0.310 e. The van der Waals surface area contributed by atoms with E-state index in [4.69, 9.17) is 0 Å². The Labute approximate surface area is 95.6 Å². The third-order valence-corrected chi connectivity index (χ3v) is 4.64. The van der Waals surface area contributed by atoms with Crippen molar-refractivity contribution in [2.45, 2.75) is 30.6 Å². The quantitative estimate of drug-likeness (QED) is 0.828. The average Bonchev–Trinajstić information content (AvgIpc) is 2.56. The number of aryl methyl sites for hydroxylation is 1. The van der Waals surface area contributed by atoms with Crippen molar-refractivity contribution in [2.75, 3.05) is 12.8 Å². The van der Waals surface area contributed by atoms with E-state index in [2.05, 4.69) is 22.7 Å². The van der Waals surface area contributed by atoms with Gasteiger partial charge in [0.2, 0.25) is 0 Å². The van der Waals surface area contributed by atoms with E-state index in [-0.39, 0.29) is 0 Å². The Bertz CT molecular complexity index is 312. The molecule has 0 aromatic carbocycles. The number of rotatable bonds is 5. The maximum Gasteiger partial charge on any atom is 0.0762 e. The molecular weight excluding hydrogens is 206 g/mol. The van der Waals surface area contributed by atoms with Crippen molar-refractivity contribution in [3.63, 3.8) is 0 Å². The summed E-state index contributed by atoms with van der Waals surface area (Å²) in [5.41, 5.74) is 1.13. The van der Waals surface area contributed by atoms with Gasteiger partial charge in [-0.25, -0.2) is 0 Å². The van der Waals surface area contributed by atoms with Crippen LogP contribution in [0.2, 0.25) is 0 Å². The molecule has 0 amide bonds. The molecule has 1 aliphatic carbocycles. The van der Waals surface area contributed by atoms with Gasteiger partial charge in [-0.15, -0.1) is 0 Å². The number of thioether (sulfide) groups is 1. The van der Waals surface area contributed by atoms with Crippen LogP contribution >= 0.6 is 11.8 Å². The third kappa shape index (κ3) is 2.55. The van der Waals surface area contributed by atoms with E-state index in [1.165, 1.54) is 19.3 Å². The predicted molar refractivity (Wildman–Crippen MR) is 65.0 cm³/mol. The summed E-state index contributed by atoms with van der Waals surface area (Å²) >= 11 is 2.01. The summed E-state index contributed by atoms with van der Waals surface area (Å²) in [7, 11) is 1.96. The fourth-order valence-electron chi connectivity index (χ4n) is 2.00. The molecule has 1 fully saturated rings. The van der Waals surface area contributed by atoms with Crippen LogP contribution in [0, 0.1) is 0 Å². The van der Waals surface area contributed by atoms with Crippen LogP contribution in [-0.4, -0.2) is 27.3 Å². The number of nitrogens with zero attached hydrogens (tertiary/aromatic N) is 2. The summed E-state index contributed by atoms with van der Waals surface area (Å²) < 4.78 is 2.37. The second kappa shape index (κ2) is 4.58. The van der Waals surface area contributed by atoms with Crippen molar-refractivity contribution >= 4 is 11.8 Å². The molecule has 0 unspecified atom stereocenters. The van der Waals surface area contributed by atoms with Gasteiger partial charge < -0.3 is 5.32 Å². The van der Waals surface area contributed by atoms with E-state index in [1.807, 2.05) is 29.7 Å². The minimum absolute atomic E-state index is 0.523. The van der Waals surface area contributed by atoms with Gasteiger partial charge in [0.15, 0.2) is 0 Å². The highest BCUT2D eigenvalue weighted by Gasteiger charge is 2.35. The summed E-state index contributed by atoms with van der Waals surface area (Å²) in [5, 5.41) is 7.86. The first-order chi connectivity index (χ1) is 7.24. The van der Waals surface area contributed by atoms with Gasteiger partial charge in [0, 0.05) is 31.1 Å². The third-order valence-electron chi connectivity index (χ3n) is 3.22. The first-order valence-corrected chi connectivity index (χ1v) is 6.71. The van der Waals surface area contributed by atoms with Crippen LogP contribution in [0.5, 0.6) is 0 Å². The molecule has 0 atom stereocenters. The standard InChI is InChI=1S/C11H19N3S/c1-14-7-4-10(13-14)8-12-9-11(15-2)5-3-6-11/h4,7,12H,3,5-6,8-9H2,1-2H3. The monoisotopic (exact) mass is 225 g/mol. The van der Waals surface area contributed by atoms with Gasteiger partial charge in [0.1, 0.15) is 0 Å². The second-order valence-electron chi connectivity index (χ2n) is 4.32. The highest BCUT2D eigenvalue weighted by molar-refractivity contribution is 8.00. The zero-order valence-electron chi connectivity index (χ0n) is 9.49. The lowest BCUT2D eigenvalue weighted by molar-refractivity contribution is 0.345. The molecule has 1 aromatic rings. The van der Waals surface area contributed by atoms with Crippen LogP contribution in [0.4, 0.5) is 0 Å². The highest BCUT2D eigenvalue weighted by atomic mass is 32.2. The first-order valence-electron chi connectivity index (χ1n) is 5.48. The molecule has 0 spiro atoms. The van der Waals surface area contributed by atoms with E-state index in [0.717, 1.165) is 18.8 Å². The molecule has 84 valence electrons. The summed E-state index contributed by atoms with van der Waals surface area (Å²) in [6.45, 7) is 2.01. The van der Waals surface area contributed by atoms with E-state index < -0.39 is 0 Å². The van der Waals surface area contributed by atoms with E-state index in [1.54, 1.807) is 0 Å². The molecule has 0 aliphatic heterocycles. The summed E-state index contributed by atoms with van der Waals surface area (Å²) in [6.07, 6.45) is 8.34. The lowest BCUT2D eigenvalue weighted by Gasteiger charge is -2.40. The van der Waals surface area contributed by atoms with Gasteiger partial charge >= 0.3 is 0 Å². The zero-order chi connectivity index (χ0) is 10.7. The molecule has 0 bridgehead atoms. The van der Waals surface area contributed by atoms with E-state index in [9.17, 15) is 0 Å². The fourth-order valence-corrected chi connectivity index (χ4v) is 2.94. The SMILES string of the molecule is CSC1(CNCc2ccn(C)n2)CCC1. The molecule has 1 aromatic heterocycles. The largest absolute Gasteiger partial charge is 0.310 e. The van der Waals surface area contributed by atoms with Crippen LogP contribution in [-0.2, 0) is 13.6 Å². The number of hydrogen-bond acceptors (Lipinski definition) is 3. The van der Waals surface area contributed by atoms with Crippen molar-refractivity contribution in [2.24, 2.45) is 7.05 Å². The van der Waals surface area contributed by atoms with Crippen molar-refractivity contribution in [3.05, 3.63) is 18.0 Å². The van der Waals surface area contributed by atoms with E-state index in [0.29, 0.717) is 4.75 Å². The van der Waals surface area contributed by atoms with Gasteiger partial charge in [-0.05, 0) is 25.2 Å². The van der Waals surface area contributed by atoms with Gasteiger partial charge in [0.05, 0.1) is 5.69 Å². The molecule has 1 heterocycles. The topological polar surface area (TPSA) is 29.9 Å². The molecule has 4 heteroatoms. The predicted octanol–water partition coefficient (Wildman–Crippen LogP) is 1.80. The maximum atomic E-state index is 4.35. The molecule has 0 saturated heterocycles. The summed E-state index contributed by atoms with van der Waals surface area (Å²) in [5.74, 6) is 0. The van der Waals surface area contributed by atoms with Crippen molar-refractivity contribution in [1.82, 2.24) is 15.1 Å². The van der Waals surface area contributed by atoms with Gasteiger partial charge in [-0.2, -0.15) is 16.9 Å². The van der Waals surface area contributed by atoms with Gasteiger partial charge in [0.25, 0.3) is 0 Å². The second-order valence-corrected chi connectivity index (χ2v) is 5.60. The number of nitrogens with one attached hydrogen (secondary N) is 1. The molecule has 2 rings (SSSR count). The number of aromatic nitrogens is 2. The molecule has 1 aliphatic rings. The lowest BCUT2D eigenvalue weighted by Crippen LogP contribution is -2.43. The smallest absolute Gasteiger partial charge is 0.0762 e. The molecule has 15 heavy (non-hydrogen) atoms. The van der Waals surface area contributed by atoms with Crippen molar-refractivity contribution < 1.29 is 0 Å². The van der Waals surface area contributed by atoms with Crippen LogP contribution in [0.3, 0.4) is 0 Å². The van der Waals surface area contributed by atoms with Crippen LogP contribution in [0.1, 0.15) is 25.0 Å². The molecular formula is C11H19N3S. The number of hydrogen-bond donors (Lipinski definition) is 1. The Morgan fingerprint density at radius 2 is 2.40 bits per heavy atom. The Morgan fingerprint density at radius 1 is 1.60 bits per heavy atom. The Kier molecular flexibility index (Phi) is 3.36. The molecule has 1 N–H and O–H groups in total. The molecule has 3 nitrogen and oxygen atoms in total. The van der Waals surface area contributed by atoms with Crippen molar-refractivity contribution in [3.8, 4) is 0 Å². The molecule has 1 saturated carbocycles. The fraction of sp³-hybridized carbons (Fsp3) is 0.727. The van der Waals surface area contributed by atoms with Crippen LogP contribution in [0.15, 0.2) is 12.3 Å². The minimum atomic E-state index is 0.523. The normalized spacial score (nSPS) is 18.8. The van der Waals surface area contributed by atoms with Crippen molar-refractivity contribution in [1.29, 1.82) is 0 Å². The average molecular weight is 225 g/mol.